The van der Waals surface area contributed by atoms with Crippen LogP contribution in [0.5, 0.6) is 11.5 Å². The van der Waals surface area contributed by atoms with Crippen LogP contribution in [-0.2, 0) is 0 Å². The molecule has 0 aliphatic carbocycles. The van der Waals surface area contributed by atoms with Gasteiger partial charge in [-0.15, -0.1) is 11.3 Å². The molecular weight excluding hydrogens is 360 g/mol. The number of aromatic nitrogens is 1. The second kappa shape index (κ2) is 7.22. The van der Waals surface area contributed by atoms with Gasteiger partial charge >= 0.3 is 0 Å². The van der Waals surface area contributed by atoms with Gasteiger partial charge < -0.3 is 9.47 Å². The van der Waals surface area contributed by atoms with Crippen molar-refractivity contribution in [1.29, 1.82) is 5.26 Å². The summed E-state index contributed by atoms with van der Waals surface area (Å²) in [7, 11) is 0. The van der Waals surface area contributed by atoms with Gasteiger partial charge in [0.25, 0.3) is 0 Å². The highest BCUT2D eigenvalue weighted by atomic mass is 32.1. The molecule has 2 aromatic carbocycles. The molecule has 0 saturated heterocycles. The van der Waals surface area contributed by atoms with Crippen molar-refractivity contribution in [3.63, 3.8) is 0 Å². The highest BCUT2D eigenvalue weighted by Gasteiger charge is 2.26. The second-order valence-corrected chi connectivity index (χ2v) is 7.11. The van der Waals surface area contributed by atoms with Gasteiger partial charge in [-0.25, -0.2) is 4.98 Å². The molecule has 0 amide bonds. The molecule has 1 aromatic heterocycles. The minimum Gasteiger partial charge on any atom is -0.486 e. The molecule has 1 aliphatic rings. The molecule has 27 heavy (non-hydrogen) atoms. The Balaban J connectivity index is 1.61. The average Bonchev–Trinajstić information content (AvgIpc) is 3.18. The van der Waals surface area contributed by atoms with Gasteiger partial charge in [0.1, 0.15) is 18.2 Å². The van der Waals surface area contributed by atoms with Crippen molar-refractivity contribution in [2.45, 2.75) is 12.8 Å². The topological polar surface area (TPSA) is 72.2 Å². The molecule has 0 unspecified atom stereocenters. The first-order chi connectivity index (χ1) is 13.2. The summed E-state index contributed by atoms with van der Waals surface area (Å²) in [5.41, 5.74) is 3.31. The number of nitrogens with zero attached hydrogens (tertiary/aromatic N) is 2. The van der Waals surface area contributed by atoms with E-state index in [0.29, 0.717) is 35.3 Å². The molecule has 0 spiro atoms. The number of Topliss-reactive ketones (excluding diaryl/α,β-unsaturated/α-hetero) is 1. The number of fused-ring (bicyclic) bond motifs is 1. The number of hydrogen-bond acceptors (Lipinski definition) is 6. The minimum absolute atomic E-state index is 0.292. The van der Waals surface area contributed by atoms with E-state index in [-0.39, 0.29) is 5.78 Å². The molecule has 0 N–H and O–H groups in total. The van der Waals surface area contributed by atoms with Gasteiger partial charge in [0.05, 0.1) is 11.8 Å². The Kier molecular flexibility index (Phi) is 4.61. The van der Waals surface area contributed by atoms with E-state index in [1.54, 1.807) is 18.2 Å². The van der Waals surface area contributed by atoms with E-state index in [4.69, 9.17) is 9.47 Å². The van der Waals surface area contributed by atoms with Crippen LogP contribution >= 0.6 is 11.3 Å². The lowest BCUT2D eigenvalue weighted by Gasteiger charge is -2.18. The zero-order chi connectivity index (χ0) is 18.8. The summed E-state index contributed by atoms with van der Waals surface area (Å²) < 4.78 is 11.0. The van der Waals surface area contributed by atoms with Crippen molar-refractivity contribution in [3.8, 4) is 28.8 Å². The Morgan fingerprint density at radius 1 is 1.15 bits per heavy atom. The Labute approximate surface area is 160 Å². The number of rotatable bonds is 4. The molecule has 6 heteroatoms. The highest BCUT2D eigenvalue weighted by Crippen LogP contribution is 2.33. The zero-order valence-corrected chi connectivity index (χ0v) is 15.5. The molecule has 0 bridgehead atoms. The Morgan fingerprint density at radius 2 is 1.89 bits per heavy atom. The summed E-state index contributed by atoms with van der Waals surface area (Å²) in [6, 6.07) is 15.1. The van der Waals surface area contributed by atoms with Crippen molar-refractivity contribution in [2.75, 3.05) is 13.2 Å². The van der Waals surface area contributed by atoms with E-state index < -0.39 is 5.92 Å². The van der Waals surface area contributed by atoms with Crippen molar-refractivity contribution in [2.24, 2.45) is 0 Å². The quantitative estimate of drug-likeness (QED) is 0.632. The van der Waals surface area contributed by atoms with Crippen LogP contribution in [-0.4, -0.2) is 24.0 Å². The Morgan fingerprint density at radius 3 is 2.63 bits per heavy atom. The van der Waals surface area contributed by atoms with Crippen LogP contribution in [0.2, 0.25) is 0 Å². The van der Waals surface area contributed by atoms with E-state index in [9.17, 15) is 10.1 Å². The van der Waals surface area contributed by atoms with E-state index in [1.165, 1.54) is 11.3 Å². The van der Waals surface area contributed by atoms with Gasteiger partial charge in [-0.1, -0.05) is 29.8 Å². The zero-order valence-electron chi connectivity index (χ0n) is 14.6. The predicted molar refractivity (Wildman–Crippen MR) is 102 cm³/mol. The summed E-state index contributed by atoms with van der Waals surface area (Å²) in [6.45, 7) is 2.95. The number of aryl methyl sites for hydroxylation is 1. The number of carbonyl (C=O) groups is 1. The average molecular weight is 376 g/mol. The van der Waals surface area contributed by atoms with E-state index in [1.807, 2.05) is 36.6 Å². The molecule has 0 radical (unpaired) electrons. The van der Waals surface area contributed by atoms with Crippen LogP contribution in [0, 0.1) is 18.3 Å². The Hall–Kier alpha value is -3.17. The molecule has 1 atom stereocenters. The number of carbonyl (C=O) groups excluding carboxylic acids is 1. The number of nitriles is 1. The minimum atomic E-state index is -0.947. The first-order valence-electron chi connectivity index (χ1n) is 8.51. The summed E-state index contributed by atoms with van der Waals surface area (Å²) in [5, 5.41) is 12.0. The molecule has 2 heterocycles. The molecule has 0 saturated carbocycles. The molecule has 1 aliphatic heterocycles. The number of ketones is 1. The summed E-state index contributed by atoms with van der Waals surface area (Å²) in [6.07, 6.45) is 0. The van der Waals surface area contributed by atoms with Crippen LogP contribution in [0.15, 0.2) is 47.8 Å². The van der Waals surface area contributed by atoms with Crippen LogP contribution in [0.3, 0.4) is 0 Å². The van der Waals surface area contributed by atoms with Crippen molar-refractivity contribution >= 4 is 17.1 Å². The summed E-state index contributed by atoms with van der Waals surface area (Å²) in [5.74, 6) is -0.0958. The molecule has 5 nitrogen and oxygen atoms in total. The van der Waals surface area contributed by atoms with E-state index in [0.717, 1.165) is 16.8 Å². The van der Waals surface area contributed by atoms with Gasteiger partial charge in [0.15, 0.2) is 23.2 Å². The number of ether oxygens (including phenoxy) is 2. The van der Waals surface area contributed by atoms with Crippen LogP contribution in [0.4, 0.5) is 0 Å². The van der Waals surface area contributed by atoms with Gasteiger partial charge in [0, 0.05) is 16.5 Å². The molecule has 3 aromatic rings. The number of hydrogen-bond donors (Lipinski definition) is 0. The number of thiazole rings is 1. The summed E-state index contributed by atoms with van der Waals surface area (Å²) in [4.78, 5) is 17.4. The van der Waals surface area contributed by atoms with Gasteiger partial charge in [-0.3, -0.25) is 4.79 Å². The van der Waals surface area contributed by atoms with E-state index in [2.05, 4.69) is 11.1 Å². The lowest BCUT2D eigenvalue weighted by atomic mass is 9.99. The maximum atomic E-state index is 12.9. The third-order valence-electron chi connectivity index (χ3n) is 4.33. The lowest BCUT2D eigenvalue weighted by Crippen LogP contribution is -2.17. The highest BCUT2D eigenvalue weighted by molar-refractivity contribution is 7.10. The molecular formula is C21H16N2O3S. The lowest BCUT2D eigenvalue weighted by molar-refractivity contribution is 0.0977. The van der Waals surface area contributed by atoms with Gasteiger partial charge in [-0.05, 0) is 25.1 Å². The smallest absolute Gasteiger partial charge is 0.187 e. The second-order valence-electron chi connectivity index (χ2n) is 6.22. The third kappa shape index (κ3) is 3.42. The monoisotopic (exact) mass is 376 g/mol. The Bertz CT molecular complexity index is 1030. The normalized spacial score (nSPS) is 13.6. The van der Waals surface area contributed by atoms with Crippen LogP contribution < -0.4 is 9.47 Å². The SMILES string of the molecule is Cc1ccc(-c2csc([C@H](C#N)C(=O)c3ccc4c(c3)OCCO4)n2)cc1. The first kappa shape index (κ1) is 17.3. The van der Waals surface area contributed by atoms with Crippen LogP contribution in [0.1, 0.15) is 26.8 Å². The third-order valence-corrected chi connectivity index (χ3v) is 5.24. The fourth-order valence-electron chi connectivity index (χ4n) is 2.87. The molecule has 134 valence electrons. The van der Waals surface area contributed by atoms with Crippen molar-refractivity contribution in [3.05, 3.63) is 64.0 Å². The number of benzene rings is 2. The first-order valence-corrected chi connectivity index (χ1v) is 9.39. The standard InChI is InChI=1S/C21H16N2O3S/c1-13-2-4-14(5-3-13)17-12-27-21(23-17)16(11-22)20(24)15-6-7-18-19(10-15)26-9-8-25-18/h2-7,10,12,16H,8-9H2,1H3/t16-/m1/s1. The fraction of sp³-hybridized carbons (Fsp3) is 0.190. The van der Waals surface area contributed by atoms with Crippen molar-refractivity contribution < 1.29 is 14.3 Å². The van der Waals surface area contributed by atoms with Gasteiger partial charge in [-0.2, -0.15) is 5.26 Å². The maximum Gasteiger partial charge on any atom is 0.187 e. The predicted octanol–water partition coefficient (Wildman–Crippen LogP) is 4.38. The largest absolute Gasteiger partial charge is 0.486 e. The fourth-order valence-corrected chi connectivity index (χ4v) is 3.73. The van der Waals surface area contributed by atoms with Crippen molar-refractivity contribution in [1.82, 2.24) is 4.98 Å². The maximum absolute atomic E-state index is 12.9. The molecule has 0 fully saturated rings. The van der Waals surface area contributed by atoms with Crippen LogP contribution in [0.25, 0.3) is 11.3 Å². The summed E-state index contributed by atoms with van der Waals surface area (Å²) >= 11 is 1.32. The molecule has 4 rings (SSSR count). The van der Waals surface area contributed by atoms with E-state index >= 15 is 0 Å². The van der Waals surface area contributed by atoms with Gasteiger partial charge in [0.2, 0.25) is 0 Å².